The fraction of sp³-hybridized carbons (Fsp3) is 0.200. The van der Waals surface area contributed by atoms with Crippen molar-refractivity contribution in [3.8, 4) is 11.8 Å². The third kappa shape index (κ3) is 8.65. The smallest absolute Gasteiger partial charge is 0.335 e. The second kappa shape index (κ2) is 12.1. The summed E-state index contributed by atoms with van der Waals surface area (Å²) in [4.78, 5) is 20.9. The number of aliphatic hydroxyl groups excluding tert-OH is 1. The normalized spacial score (nSPS) is 9.31. The van der Waals surface area contributed by atoms with Crippen molar-refractivity contribution < 1.29 is 24.9 Å². The van der Waals surface area contributed by atoms with Gasteiger partial charge in [0.2, 0.25) is 0 Å². The summed E-state index contributed by atoms with van der Waals surface area (Å²) in [6, 6.07) is 13.2. The molecule has 26 heavy (non-hydrogen) atoms. The summed E-state index contributed by atoms with van der Waals surface area (Å²) in [6.07, 6.45) is 2.41. The zero-order valence-electron chi connectivity index (χ0n) is 14.0. The van der Waals surface area contributed by atoms with Crippen LogP contribution in [0.2, 0.25) is 0 Å². The minimum atomic E-state index is -0.928. The van der Waals surface area contributed by atoms with Gasteiger partial charge in [0.25, 0.3) is 0 Å². The van der Waals surface area contributed by atoms with Gasteiger partial charge >= 0.3 is 11.9 Å². The van der Waals surface area contributed by atoms with Crippen molar-refractivity contribution in [1.82, 2.24) is 0 Å². The molecule has 6 heteroatoms. The van der Waals surface area contributed by atoms with E-state index in [0.29, 0.717) is 5.56 Å². The Bertz CT molecular complexity index is 771. The van der Waals surface area contributed by atoms with Crippen LogP contribution in [-0.2, 0) is 0 Å². The summed E-state index contributed by atoms with van der Waals surface area (Å²) >= 11 is 2.13. The van der Waals surface area contributed by atoms with E-state index in [2.05, 4.69) is 34.4 Å². The number of aliphatic hydroxyl groups is 1. The molecule has 0 heterocycles. The molecule has 0 aliphatic heterocycles. The summed E-state index contributed by atoms with van der Waals surface area (Å²) in [7, 11) is 0. The first-order valence-electron chi connectivity index (χ1n) is 7.86. The fourth-order valence-corrected chi connectivity index (χ4v) is 2.14. The van der Waals surface area contributed by atoms with E-state index in [1.165, 1.54) is 0 Å². The van der Waals surface area contributed by atoms with E-state index < -0.39 is 11.9 Å². The van der Waals surface area contributed by atoms with Gasteiger partial charge in [0.15, 0.2) is 0 Å². The van der Waals surface area contributed by atoms with Gasteiger partial charge in [-0.15, -0.1) is 0 Å². The summed E-state index contributed by atoms with van der Waals surface area (Å²) in [5.74, 6) is 4.12. The predicted molar refractivity (Wildman–Crippen MR) is 107 cm³/mol. The molecular formula is C20H19IO5. The molecule has 5 nitrogen and oxygen atoms in total. The summed E-state index contributed by atoms with van der Waals surface area (Å²) in [6.45, 7) is 0.203. The van der Waals surface area contributed by atoms with Gasteiger partial charge in [-0.1, -0.05) is 11.8 Å². The Kier molecular flexibility index (Phi) is 10.1. The number of hydrogen-bond donors (Lipinski definition) is 3. The molecule has 3 N–H and O–H groups in total. The number of unbranched alkanes of at least 4 members (excludes halogenated alkanes) is 2. The molecular weight excluding hydrogens is 447 g/mol. The van der Waals surface area contributed by atoms with Crippen LogP contribution in [-0.4, -0.2) is 33.9 Å². The molecule has 0 amide bonds. The van der Waals surface area contributed by atoms with Crippen LogP contribution in [0.1, 0.15) is 45.5 Å². The van der Waals surface area contributed by atoms with Crippen molar-refractivity contribution in [2.75, 3.05) is 6.61 Å². The van der Waals surface area contributed by atoms with Crippen molar-refractivity contribution in [2.24, 2.45) is 0 Å². The number of aromatic carboxylic acids is 2. The van der Waals surface area contributed by atoms with E-state index in [1.54, 1.807) is 48.5 Å². The Morgan fingerprint density at radius 2 is 1.35 bits per heavy atom. The first kappa shape index (κ1) is 21.7. The van der Waals surface area contributed by atoms with E-state index in [4.69, 9.17) is 15.3 Å². The van der Waals surface area contributed by atoms with Crippen LogP contribution < -0.4 is 0 Å². The average Bonchev–Trinajstić information content (AvgIpc) is 2.63. The number of hydrogen-bond acceptors (Lipinski definition) is 3. The van der Waals surface area contributed by atoms with Crippen LogP contribution in [0.4, 0.5) is 0 Å². The highest BCUT2D eigenvalue weighted by Gasteiger charge is 2.00. The Hall–Kier alpha value is -2.37. The average molecular weight is 466 g/mol. The Labute approximate surface area is 165 Å². The van der Waals surface area contributed by atoms with Crippen LogP contribution in [0.15, 0.2) is 48.5 Å². The zero-order valence-corrected chi connectivity index (χ0v) is 16.1. The molecule has 0 spiro atoms. The number of benzene rings is 2. The monoisotopic (exact) mass is 466 g/mol. The molecule has 0 unspecified atom stereocenters. The van der Waals surface area contributed by atoms with Crippen LogP contribution in [0.5, 0.6) is 0 Å². The van der Waals surface area contributed by atoms with Crippen molar-refractivity contribution >= 4 is 34.5 Å². The molecule has 0 saturated heterocycles. The second-order valence-electron chi connectivity index (χ2n) is 5.18. The first-order valence-corrected chi connectivity index (χ1v) is 8.94. The highest BCUT2D eigenvalue weighted by atomic mass is 127. The van der Waals surface area contributed by atoms with E-state index >= 15 is 0 Å². The van der Waals surface area contributed by atoms with Crippen LogP contribution in [0.25, 0.3) is 0 Å². The van der Waals surface area contributed by atoms with Crippen LogP contribution >= 0.6 is 22.6 Å². The van der Waals surface area contributed by atoms with E-state index in [0.717, 1.165) is 28.4 Å². The molecule has 0 saturated carbocycles. The Morgan fingerprint density at radius 3 is 1.81 bits per heavy atom. The lowest BCUT2D eigenvalue weighted by atomic mass is 10.1. The molecule has 0 atom stereocenters. The molecule has 136 valence electrons. The van der Waals surface area contributed by atoms with Crippen LogP contribution in [0.3, 0.4) is 0 Å². The summed E-state index contributed by atoms with van der Waals surface area (Å²) in [5, 5.41) is 25.7. The predicted octanol–water partition coefficient (Wildman–Crippen LogP) is 3.89. The molecule has 0 aliphatic carbocycles. The molecule has 0 aliphatic rings. The van der Waals surface area contributed by atoms with Gasteiger partial charge in [-0.25, -0.2) is 9.59 Å². The molecule has 2 rings (SSSR count). The molecule has 0 aromatic heterocycles. The molecule has 0 bridgehead atoms. The number of halogens is 1. The zero-order chi connectivity index (χ0) is 19.4. The van der Waals surface area contributed by atoms with E-state index in [1.807, 2.05) is 0 Å². The molecule has 0 radical (unpaired) electrons. The maximum atomic E-state index is 10.6. The van der Waals surface area contributed by atoms with Gasteiger partial charge in [0.1, 0.15) is 0 Å². The van der Waals surface area contributed by atoms with Crippen molar-refractivity contribution in [2.45, 2.75) is 19.3 Å². The number of carboxylic acids is 2. The van der Waals surface area contributed by atoms with Crippen molar-refractivity contribution in [1.29, 1.82) is 0 Å². The molecule has 2 aromatic rings. The summed E-state index contributed by atoms with van der Waals surface area (Å²) < 4.78 is 1.04. The minimum Gasteiger partial charge on any atom is -0.478 e. The Balaban J connectivity index is 0.000000289. The standard InChI is InChI=1S/C13H14O3.C7H5IO2/c14-10-4-2-1-3-5-11-6-8-12(9-7-11)13(15)16;8-6-3-1-5(2-4-6)7(9)10/h6-9,14H,1-2,4,10H2,(H,15,16);1-4H,(H,9,10). The molecule has 0 fully saturated rings. The topological polar surface area (TPSA) is 94.8 Å². The Morgan fingerprint density at radius 1 is 0.846 bits per heavy atom. The highest BCUT2D eigenvalue weighted by molar-refractivity contribution is 14.1. The third-order valence-corrected chi connectivity index (χ3v) is 3.88. The van der Waals surface area contributed by atoms with Gasteiger partial charge < -0.3 is 15.3 Å². The van der Waals surface area contributed by atoms with Gasteiger partial charge in [-0.3, -0.25) is 0 Å². The van der Waals surface area contributed by atoms with Gasteiger partial charge in [0, 0.05) is 22.2 Å². The summed E-state index contributed by atoms with van der Waals surface area (Å²) in [5.41, 5.74) is 1.42. The maximum absolute atomic E-state index is 10.6. The lowest BCUT2D eigenvalue weighted by molar-refractivity contribution is 0.0686. The lowest BCUT2D eigenvalue weighted by Crippen LogP contribution is -1.94. The van der Waals surface area contributed by atoms with E-state index in [-0.39, 0.29) is 12.2 Å². The van der Waals surface area contributed by atoms with Crippen molar-refractivity contribution in [3.63, 3.8) is 0 Å². The van der Waals surface area contributed by atoms with Crippen molar-refractivity contribution in [3.05, 3.63) is 68.8 Å². The largest absolute Gasteiger partial charge is 0.478 e. The van der Waals surface area contributed by atoms with Gasteiger partial charge in [-0.2, -0.15) is 0 Å². The molecule has 2 aromatic carbocycles. The van der Waals surface area contributed by atoms with Gasteiger partial charge in [0.05, 0.1) is 11.1 Å². The fourth-order valence-electron chi connectivity index (χ4n) is 1.78. The van der Waals surface area contributed by atoms with Gasteiger partial charge in [-0.05, 0) is 84.0 Å². The minimum absolute atomic E-state index is 0.203. The quantitative estimate of drug-likeness (QED) is 0.353. The highest BCUT2D eigenvalue weighted by Crippen LogP contribution is 2.06. The maximum Gasteiger partial charge on any atom is 0.335 e. The number of rotatable bonds is 5. The SMILES string of the molecule is O=C(O)c1ccc(C#CCCCCO)cc1.O=C(O)c1ccc(I)cc1. The van der Waals surface area contributed by atoms with E-state index in [9.17, 15) is 9.59 Å². The second-order valence-corrected chi connectivity index (χ2v) is 6.42. The first-order chi connectivity index (χ1) is 12.4. The van der Waals surface area contributed by atoms with Crippen LogP contribution in [0, 0.1) is 15.4 Å². The number of carboxylic acid groups (broad SMARTS) is 2. The third-order valence-electron chi connectivity index (χ3n) is 3.17. The lowest BCUT2D eigenvalue weighted by Gasteiger charge is -1.93. The number of carbonyl (C=O) groups is 2.